The third-order valence-corrected chi connectivity index (χ3v) is 2.26. The van der Waals surface area contributed by atoms with E-state index in [1.807, 2.05) is 18.2 Å². The molecule has 0 unspecified atom stereocenters. The summed E-state index contributed by atoms with van der Waals surface area (Å²) in [6.07, 6.45) is 0. The summed E-state index contributed by atoms with van der Waals surface area (Å²) in [5, 5.41) is 8.13. The van der Waals surface area contributed by atoms with E-state index in [1.54, 1.807) is 0 Å². The number of nitrogens with one attached hydrogen (secondary N) is 1. The fraction of sp³-hybridized carbons (Fsp3) is 0. The van der Waals surface area contributed by atoms with Crippen LogP contribution in [0.3, 0.4) is 0 Å². The summed E-state index contributed by atoms with van der Waals surface area (Å²) < 4.78 is 1.01. The molecule has 1 N–H and O–H groups in total. The second kappa shape index (κ2) is 2.50. The minimum Gasteiger partial charge on any atom is -0.276 e. The van der Waals surface area contributed by atoms with Crippen LogP contribution in [0.4, 0.5) is 0 Å². The SMILES string of the molecule is Clc1n[nH]c2ccc(Br)cc12. The molecule has 11 heavy (non-hydrogen) atoms. The van der Waals surface area contributed by atoms with Gasteiger partial charge >= 0.3 is 0 Å². The van der Waals surface area contributed by atoms with E-state index < -0.39 is 0 Å². The molecule has 2 nitrogen and oxygen atoms in total. The van der Waals surface area contributed by atoms with Crippen LogP contribution in [0.15, 0.2) is 22.7 Å². The lowest BCUT2D eigenvalue weighted by Gasteiger charge is -1.89. The number of hydrogen-bond acceptors (Lipinski definition) is 1. The highest BCUT2D eigenvalue weighted by molar-refractivity contribution is 9.10. The van der Waals surface area contributed by atoms with E-state index in [0.717, 1.165) is 15.4 Å². The monoisotopic (exact) mass is 230 g/mol. The van der Waals surface area contributed by atoms with Gasteiger partial charge in [-0.3, -0.25) is 5.10 Å². The van der Waals surface area contributed by atoms with Crippen molar-refractivity contribution in [2.24, 2.45) is 0 Å². The molecule has 0 aliphatic rings. The van der Waals surface area contributed by atoms with Gasteiger partial charge in [0.25, 0.3) is 0 Å². The van der Waals surface area contributed by atoms with Crippen LogP contribution < -0.4 is 0 Å². The van der Waals surface area contributed by atoms with Crippen LogP contribution in [0.2, 0.25) is 5.15 Å². The summed E-state index contributed by atoms with van der Waals surface area (Å²) in [6.45, 7) is 0. The number of benzene rings is 1. The number of H-pyrrole nitrogens is 1. The molecule has 0 saturated heterocycles. The first-order chi connectivity index (χ1) is 5.27. The maximum Gasteiger partial charge on any atom is 0.158 e. The zero-order valence-corrected chi connectivity index (χ0v) is 7.78. The second-order valence-electron chi connectivity index (χ2n) is 2.20. The third-order valence-electron chi connectivity index (χ3n) is 1.48. The van der Waals surface area contributed by atoms with Crippen LogP contribution in [0.25, 0.3) is 10.9 Å². The molecule has 4 heteroatoms. The van der Waals surface area contributed by atoms with E-state index >= 15 is 0 Å². The summed E-state index contributed by atoms with van der Waals surface area (Å²) in [7, 11) is 0. The number of rotatable bonds is 0. The molecule has 56 valence electrons. The third kappa shape index (κ3) is 1.14. The minimum atomic E-state index is 0.515. The lowest BCUT2D eigenvalue weighted by molar-refractivity contribution is 1.12. The van der Waals surface area contributed by atoms with Crippen molar-refractivity contribution in [2.75, 3.05) is 0 Å². The zero-order valence-electron chi connectivity index (χ0n) is 5.44. The van der Waals surface area contributed by atoms with Crippen LogP contribution in [-0.2, 0) is 0 Å². The molecular formula is C7H4BrClN2. The average Bonchev–Trinajstić information content (AvgIpc) is 2.33. The Kier molecular flexibility index (Phi) is 1.62. The standard InChI is InChI=1S/C7H4BrClN2/c8-4-1-2-6-5(3-4)7(9)11-10-6/h1-3H,(H,10,11). The summed E-state index contributed by atoms with van der Waals surface area (Å²) in [5.41, 5.74) is 0.957. The molecule has 1 heterocycles. The number of aromatic amines is 1. The van der Waals surface area contributed by atoms with Crippen molar-refractivity contribution >= 4 is 38.4 Å². The first kappa shape index (κ1) is 7.13. The van der Waals surface area contributed by atoms with Crippen molar-refractivity contribution in [3.05, 3.63) is 27.8 Å². The maximum absolute atomic E-state index is 5.78. The molecule has 0 fully saturated rings. The molecule has 0 saturated carbocycles. The Morgan fingerprint density at radius 1 is 1.45 bits per heavy atom. The molecule has 0 radical (unpaired) electrons. The number of hydrogen-bond donors (Lipinski definition) is 1. The summed E-state index contributed by atoms with van der Waals surface area (Å²) >= 11 is 9.13. The highest BCUT2D eigenvalue weighted by Crippen LogP contribution is 2.23. The fourth-order valence-electron chi connectivity index (χ4n) is 0.954. The number of fused-ring (bicyclic) bond motifs is 1. The summed E-state index contributed by atoms with van der Waals surface area (Å²) in [5.74, 6) is 0. The molecule has 0 aliphatic carbocycles. The molecule has 1 aromatic heterocycles. The van der Waals surface area contributed by atoms with Crippen LogP contribution in [0.1, 0.15) is 0 Å². The van der Waals surface area contributed by atoms with Gasteiger partial charge in [-0.25, -0.2) is 0 Å². The van der Waals surface area contributed by atoms with Crippen LogP contribution in [0.5, 0.6) is 0 Å². The molecule has 2 aromatic rings. The number of aromatic nitrogens is 2. The van der Waals surface area contributed by atoms with E-state index in [1.165, 1.54) is 0 Å². The molecule has 0 aliphatic heterocycles. The molecular weight excluding hydrogens is 227 g/mol. The van der Waals surface area contributed by atoms with Gasteiger partial charge in [0.1, 0.15) is 0 Å². The van der Waals surface area contributed by atoms with Gasteiger partial charge in [0.15, 0.2) is 5.15 Å². The van der Waals surface area contributed by atoms with Gasteiger partial charge in [-0.05, 0) is 18.2 Å². The van der Waals surface area contributed by atoms with Gasteiger partial charge in [-0.15, -0.1) is 0 Å². The van der Waals surface area contributed by atoms with E-state index in [2.05, 4.69) is 26.1 Å². The van der Waals surface area contributed by atoms with Gasteiger partial charge < -0.3 is 0 Å². The molecule has 0 bridgehead atoms. The minimum absolute atomic E-state index is 0.515. The molecule has 2 rings (SSSR count). The Balaban J connectivity index is 2.87. The highest BCUT2D eigenvalue weighted by atomic mass is 79.9. The maximum atomic E-state index is 5.78. The first-order valence-electron chi connectivity index (χ1n) is 3.06. The van der Waals surface area contributed by atoms with Crippen molar-refractivity contribution in [3.63, 3.8) is 0 Å². The van der Waals surface area contributed by atoms with Crippen LogP contribution in [-0.4, -0.2) is 10.2 Å². The summed E-state index contributed by atoms with van der Waals surface area (Å²) in [4.78, 5) is 0. The molecule has 0 atom stereocenters. The average molecular weight is 231 g/mol. The largest absolute Gasteiger partial charge is 0.276 e. The Morgan fingerprint density at radius 3 is 3.09 bits per heavy atom. The molecule has 0 amide bonds. The topological polar surface area (TPSA) is 28.7 Å². The van der Waals surface area contributed by atoms with Crippen LogP contribution >= 0.6 is 27.5 Å². The Morgan fingerprint density at radius 2 is 2.27 bits per heavy atom. The van der Waals surface area contributed by atoms with E-state index in [4.69, 9.17) is 11.6 Å². The van der Waals surface area contributed by atoms with Crippen molar-refractivity contribution in [1.29, 1.82) is 0 Å². The number of halogens is 2. The smallest absolute Gasteiger partial charge is 0.158 e. The van der Waals surface area contributed by atoms with Gasteiger partial charge in [-0.2, -0.15) is 5.10 Å². The number of nitrogens with zero attached hydrogens (tertiary/aromatic N) is 1. The van der Waals surface area contributed by atoms with Crippen molar-refractivity contribution in [3.8, 4) is 0 Å². The predicted molar refractivity (Wildman–Crippen MR) is 48.8 cm³/mol. The van der Waals surface area contributed by atoms with Crippen molar-refractivity contribution < 1.29 is 0 Å². The van der Waals surface area contributed by atoms with Gasteiger partial charge in [-0.1, -0.05) is 27.5 Å². The molecule has 0 spiro atoms. The predicted octanol–water partition coefficient (Wildman–Crippen LogP) is 2.98. The normalized spacial score (nSPS) is 10.7. The van der Waals surface area contributed by atoms with Gasteiger partial charge in [0.2, 0.25) is 0 Å². The Hall–Kier alpha value is -0.540. The zero-order chi connectivity index (χ0) is 7.84. The molecule has 1 aromatic carbocycles. The lowest BCUT2D eigenvalue weighted by Crippen LogP contribution is -1.66. The van der Waals surface area contributed by atoms with Gasteiger partial charge in [0, 0.05) is 9.86 Å². The lowest BCUT2D eigenvalue weighted by atomic mass is 10.3. The second-order valence-corrected chi connectivity index (χ2v) is 3.48. The van der Waals surface area contributed by atoms with E-state index in [0.29, 0.717) is 5.15 Å². The Bertz CT molecular complexity index is 396. The fourth-order valence-corrected chi connectivity index (χ4v) is 1.51. The van der Waals surface area contributed by atoms with E-state index in [9.17, 15) is 0 Å². The van der Waals surface area contributed by atoms with E-state index in [-0.39, 0.29) is 0 Å². The van der Waals surface area contributed by atoms with Gasteiger partial charge in [0.05, 0.1) is 5.52 Å². The first-order valence-corrected chi connectivity index (χ1v) is 4.23. The van der Waals surface area contributed by atoms with Crippen molar-refractivity contribution in [1.82, 2.24) is 10.2 Å². The Labute approximate surface area is 76.7 Å². The highest BCUT2D eigenvalue weighted by Gasteiger charge is 2.01. The van der Waals surface area contributed by atoms with Crippen molar-refractivity contribution in [2.45, 2.75) is 0 Å². The summed E-state index contributed by atoms with van der Waals surface area (Å²) in [6, 6.07) is 5.80. The quantitative estimate of drug-likeness (QED) is 0.742. The van der Waals surface area contributed by atoms with Crippen LogP contribution in [0, 0.1) is 0 Å².